The van der Waals surface area contributed by atoms with E-state index in [1.807, 2.05) is 20.8 Å². The van der Waals surface area contributed by atoms with Crippen molar-refractivity contribution in [3.8, 4) is 5.88 Å². The Balaban J connectivity index is -0.000000116. The normalized spacial score (nSPS) is 9.33. The molecule has 0 aliphatic carbocycles. The summed E-state index contributed by atoms with van der Waals surface area (Å²) in [6.45, 7) is 2.53. The Kier molecular flexibility index (Phi) is 25.4. The van der Waals surface area contributed by atoms with Crippen LogP contribution < -0.4 is 4.74 Å². The highest BCUT2D eigenvalue weighted by Gasteiger charge is 1.92. The van der Waals surface area contributed by atoms with Gasteiger partial charge in [-0.2, -0.15) is 0 Å². The largest absolute Gasteiger partial charge is 0.481 e. The van der Waals surface area contributed by atoms with E-state index < -0.39 is 13.4 Å². The van der Waals surface area contributed by atoms with E-state index >= 15 is 0 Å². The lowest BCUT2D eigenvalue weighted by Crippen LogP contribution is -1.88. The summed E-state index contributed by atoms with van der Waals surface area (Å²) in [5, 5.41) is 0. The summed E-state index contributed by atoms with van der Waals surface area (Å²) in [5.74, 6) is 0.613. The van der Waals surface area contributed by atoms with Crippen LogP contribution in [0.1, 0.15) is 39.8 Å². The molecular weight excluding hydrogens is 398 g/mol. The zero-order valence-electron chi connectivity index (χ0n) is 14.6. The number of methoxy groups -OCH3 is 1. The summed E-state index contributed by atoms with van der Waals surface area (Å²) in [4.78, 5) is 53.1. The minimum atomic E-state index is -3.81. The molecule has 1 aromatic rings. The van der Waals surface area contributed by atoms with Gasteiger partial charge in [0.15, 0.2) is 0 Å². The Hall–Kier alpha value is -0.0600. The van der Waals surface area contributed by atoms with E-state index in [1.54, 1.807) is 13.2 Å². The quantitative estimate of drug-likeness (QED) is 0.363. The number of hydrogen-bond donors (Lipinski definition) is 6. The minimum Gasteiger partial charge on any atom is -0.481 e. The van der Waals surface area contributed by atoms with Gasteiger partial charge in [-0.15, -0.1) is 0 Å². The standard InChI is InChI=1S/C6H8N2O.C3H8.C2H6.2H3O3PS/c1-5-3-6(9-2)8-4-7-5;1-3-2;1-2;2*1-4(2,3)5/h3-4H,1-2H3;3H2,1-2H3;1-2H3;2*(H3,1,2,3,5). The summed E-state index contributed by atoms with van der Waals surface area (Å²) >= 11 is 7.21. The second-order valence-corrected chi connectivity index (χ2v) is 8.43. The zero-order chi connectivity index (χ0) is 20.4. The van der Waals surface area contributed by atoms with Crippen molar-refractivity contribution in [2.24, 2.45) is 0 Å². The van der Waals surface area contributed by atoms with E-state index in [0.29, 0.717) is 5.88 Å². The molecule has 0 spiro atoms. The molecule has 0 aliphatic heterocycles. The summed E-state index contributed by atoms with van der Waals surface area (Å²) in [6, 6.07) is 1.78. The smallest absolute Gasteiger partial charge is 0.319 e. The SMILES string of the molecule is CC.CCC.COc1cc(C)ncn1.OP(O)(O)=S.OP(O)(O)=S. The molecule has 0 bridgehead atoms. The van der Waals surface area contributed by atoms with E-state index in [2.05, 4.69) is 47.4 Å². The molecule has 6 N–H and O–H groups in total. The Morgan fingerprint density at radius 3 is 1.42 bits per heavy atom. The van der Waals surface area contributed by atoms with Gasteiger partial charge in [0.05, 0.1) is 7.11 Å². The van der Waals surface area contributed by atoms with Crippen LogP contribution in [0.4, 0.5) is 0 Å². The average molecular weight is 426 g/mol. The van der Waals surface area contributed by atoms with Crippen LogP contribution in [-0.4, -0.2) is 46.4 Å². The number of ether oxygens (including phenoxy) is 1. The highest BCUT2D eigenvalue weighted by molar-refractivity contribution is 8.06. The van der Waals surface area contributed by atoms with Crippen LogP contribution in [0.5, 0.6) is 5.88 Å². The van der Waals surface area contributed by atoms with Gasteiger partial charge in [-0.25, -0.2) is 9.97 Å². The average Bonchev–Trinajstić information content (AvgIpc) is 2.38. The van der Waals surface area contributed by atoms with E-state index in [1.165, 1.54) is 12.7 Å². The van der Waals surface area contributed by atoms with Crippen molar-refractivity contribution in [3.63, 3.8) is 0 Å². The molecule has 1 heterocycles. The number of aryl methyl sites for hydroxylation is 1. The van der Waals surface area contributed by atoms with Crippen LogP contribution in [0.3, 0.4) is 0 Å². The van der Waals surface area contributed by atoms with Crippen LogP contribution in [0.15, 0.2) is 12.4 Å². The molecule has 0 saturated carbocycles. The van der Waals surface area contributed by atoms with E-state index in [9.17, 15) is 0 Å². The van der Waals surface area contributed by atoms with Crippen molar-refractivity contribution in [2.75, 3.05) is 7.11 Å². The van der Waals surface area contributed by atoms with Crippen LogP contribution in [-0.2, 0) is 23.6 Å². The summed E-state index contributed by atoms with van der Waals surface area (Å²) in [5.41, 5.74) is 0.918. The number of aromatic nitrogens is 2. The zero-order valence-corrected chi connectivity index (χ0v) is 18.0. The minimum absolute atomic E-state index is 0.613. The third-order valence-electron chi connectivity index (χ3n) is 0.988. The second-order valence-electron chi connectivity index (χ2n) is 3.44. The van der Waals surface area contributed by atoms with Gasteiger partial charge >= 0.3 is 13.4 Å². The molecule has 0 radical (unpaired) electrons. The Bertz CT molecular complexity index is 447. The maximum Gasteiger partial charge on any atom is 0.319 e. The second kappa shape index (κ2) is 19.3. The van der Waals surface area contributed by atoms with Gasteiger partial charge in [-0.3, -0.25) is 0 Å². The fourth-order valence-electron chi connectivity index (χ4n) is 0.542. The lowest BCUT2D eigenvalue weighted by atomic mass is 10.4. The highest BCUT2D eigenvalue weighted by Crippen LogP contribution is 2.26. The molecule has 13 heteroatoms. The molecule has 146 valence electrons. The maximum absolute atomic E-state index is 7.56. The first-order valence-corrected chi connectivity index (χ1v) is 12.0. The van der Waals surface area contributed by atoms with Crippen molar-refractivity contribution < 1.29 is 34.1 Å². The van der Waals surface area contributed by atoms with Crippen LogP contribution in [0, 0.1) is 6.92 Å². The van der Waals surface area contributed by atoms with Crippen molar-refractivity contribution >= 4 is 37.1 Å². The molecule has 9 nitrogen and oxygen atoms in total. The van der Waals surface area contributed by atoms with Gasteiger partial charge in [0.2, 0.25) is 5.88 Å². The summed E-state index contributed by atoms with van der Waals surface area (Å²) < 4.78 is 4.84. The molecule has 1 rings (SSSR count). The first-order chi connectivity index (χ1) is 10.7. The van der Waals surface area contributed by atoms with Crippen LogP contribution in [0.2, 0.25) is 0 Å². The van der Waals surface area contributed by atoms with Gasteiger partial charge in [-0.05, 0) is 30.5 Å². The predicted octanol–water partition coefficient (Wildman–Crippen LogP) is 1.61. The highest BCUT2D eigenvalue weighted by atomic mass is 32.5. The monoisotopic (exact) mass is 426 g/mol. The summed E-state index contributed by atoms with van der Waals surface area (Å²) in [6.07, 6.45) is 2.73. The molecule has 0 atom stereocenters. The molecule has 24 heavy (non-hydrogen) atoms. The number of hydrogen-bond acceptors (Lipinski definition) is 5. The Morgan fingerprint density at radius 2 is 1.25 bits per heavy atom. The summed E-state index contributed by atoms with van der Waals surface area (Å²) in [7, 11) is 1.59. The Labute approximate surface area is 153 Å². The topological polar surface area (TPSA) is 156 Å². The van der Waals surface area contributed by atoms with E-state index in [0.717, 1.165) is 5.69 Å². The van der Waals surface area contributed by atoms with Gasteiger partial charge < -0.3 is 34.1 Å². The lowest BCUT2D eigenvalue weighted by Gasteiger charge is -1.95. The van der Waals surface area contributed by atoms with Crippen molar-refractivity contribution in [3.05, 3.63) is 18.1 Å². The van der Waals surface area contributed by atoms with Crippen LogP contribution in [0.25, 0.3) is 0 Å². The van der Waals surface area contributed by atoms with E-state index in [4.69, 9.17) is 34.1 Å². The molecule has 1 aromatic heterocycles. The third kappa shape index (κ3) is 67.5. The van der Waals surface area contributed by atoms with Crippen molar-refractivity contribution in [1.29, 1.82) is 0 Å². The first-order valence-electron chi connectivity index (χ1n) is 6.63. The van der Waals surface area contributed by atoms with Crippen molar-refractivity contribution in [1.82, 2.24) is 9.97 Å². The lowest BCUT2D eigenvalue weighted by molar-refractivity contribution is 0.361. The van der Waals surface area contributed by atoms with Gasteiger partial charge in [0.25, 0.3) is 0 Å². The van der Waals surface area contributed by atoms with Gasteiger partial charge in [-0.1, -0.05) is 34.1 Å². The van der Waals surface area contributed by atoms with Gasteiger partial charge in [0.1, 0.15) is 6.33 Å². The third-order valence-corrected chi connectivity index (χ3v) is 0.988. The van der Waals surface area contributed by atoms with Crippen LogP contribution >= 0.6 is 13.4 Å². The molecule has 0 aromatic carbocycles. The molecule has 0 unspecified atom stereocenters. The van der Waals surface area contributed by atoms with Gasteiger partial charge in [0, 0.05) is 11.8 Å². The number of rotatable bonds is 1. The fraction of sp³-hybridized carbons (Fsp3) is 0.636. The predicted molar refractivity (Wildman–Crippen MR) is 103 cm³/mol. The van der Waals surface area contributed by atoms with Crippen molar-refractivity contribution in [2.45, 2.75) is 41.0 Å². The molecule has 0 fully saturated rings. The molecule has 0 aliphatic rings. The molecule has 0 saturated heterocycles. The first kappa shape index (κ1) is 31.7. The fourth-order valence-corrected chi connectivity index (χ4v) is 0.542. The molecule has 0 amide bonds. The maximum atomic E-state index is 7.56. The Morgan fingerprint density at radius 1 is 0.958 bits per heavy atom. The molecular formula is C11H28N2O7P2S2. The number of nitrogens with zero attached hydrogens (tertiary/aromatic N) is 2. The van der Waals surface area contributed by atoms with E-state index in [-0.39, 0.29) is 0 Å².